The summed E-state index contributed by atoms with van der Waals surface area (Å²) in [5, 5.41) is 44.4. The molecule has 10 heteroatoms. The number of nitrogens with zero attached hydrogens (tertiary/aromatic N) is 1. The molecule has 0 aliphatic heterocycles. The van der Waals surface area contributed by atoms with E-state index in [-0.39, 0.29) is 35.3 Å². The first kappa shape index (κ1) is 26.2. The fraction of sp³-hybridized carbons (Fsp3) is 0.276. The highest BCUT2D eigenvalue weighted by Gasteiger charge is 2.64. The maximum Gasteiger partial charge on any atom is 0.255 e. The summed E-state index contributed by atoms with van der Waals surface area (Å²) in [6.07, 6.45) is 0.0474. The Balaban J connectivity index is 1.69. The van der Waals surface area contributed by atoms with E-state index in [0.717, 1.165) is 0 Å². The average molecular weight is 533 g/mol. The Morgan fingerprint density at radius 2 is 1.74 bits per heavy atom. The van der Waals surface area contributed by atoms with Crippen molar-refractivity contribution < 1.29 is 39.2 Å². The molecule has 0 saturated heterocycles. The van der Waals surface area contributed by atoms with Crippen molar-refractivity contribution in [2.75, 3.05) is 14.1 Å². The lowest BCUT2D eigenvalue weighted by molar-refractivity contribution is -0.153. The summed E-state index contributed by atoms with van der Waals surface area (Å²) in [5.74, 6) is -2.12. The smallest absolute Gasteiger partial charge is 0.255 e. The molecule has 5 rings (SSSR count). The van der Waals surface area contributed by atoms with E-state index >= 15 is 0 Å². The van der Waals surface area contributed by atoms with Gasteiger partial charge in [0.05, 0.1) is 17.2 Å². The van der Waals surface area contributed by atoms with E-state index in [4.69, 9.17) is 5.73 Å². The predicted octanol–water partition coefficient (Wildman–Crippen LogP) is 1.50. The number of Topliss-reactive ketones (excluding diaryl/α,β-unsaturated/α-hetero) is 2. The molecule has 6 N–H and O–H groups in total. The third-order valence-electron chi connectivity index (χ3n) is 7.81. The Hall–Kier alpha value is -4.46. The lowest BCUT2D eigenvalue weighted by atomic mass is 9.57. The van der Waals surface area contributed by atoms with Crippen molar-refractivity contribution in [1.82, 2.24) is 4.90 Å². The van der Waals surface area contributed by atoms with Crippen LogP contribution in [0.4, 0.5) is 4.39 Å². The van der Waals surface area contributed by atoms with Crippen molar-refractivity contribution in [3.63, 3.8) is 0 Å². The van der Waals surface area contributed by atoms with Crippen LogP contribution in [0.1, 0.15) is 28.7 Å². The number of hydrogen-bond donors (Lipinski definition) is 5. The topological polar surface area (TPSA) is 161 Å². The number of amides is 1. The number of aromatic hydroxyl groups is 1. The zero-order chi connectivity index (χ0) is 28.4. The molecule has 4 atom stereocenters. The molecule has 39 heavy (non-hydrogen) atoms. The van der Waals surface area contributed by atoms with Crippen LogP contribution in [-0.4, -0.2) is 68.5 Å². The normalized spacial score (nSPS) is 26.0. The molecule has 0 bridgehead atoms. The molecular formula is C29H25FN2O7. The second-order valence-corrected chi connectivity index (χ2v) is 10.2. The van der Waals surface area contributed by atoms with Crippen LogP contribution in [0.25, 0.3) is 5.76 Å². The highest BCUT2D eigenvalue weighted by atomic mass is 19.1. The fourth-order valence-electron chi connectivity index (χ4n) is 6.06. The Labute approximate surface area is 222 Å². The van der Waals surface area contributed by atoms with Gasteiger partial charge in [-0.15, -0.1) is 0 Å². The van der Waals surface area contributed by atoms with Crippen molar-refractivity contribution in [2.45, 2.75) is 24.5 Å². The molecule has 1 fully saturated rings. The minimum atomic E-state index is -2.71. The number of aliphatic hydroxyl groups is 3. The number of phenolic OH excluding ortho intramolecular Hbond substituents is 1. The summed E-state index contributed by atoms with van der Waals surface area (Å²) < 4.78 is 14.1. The number of ketones is 2. The summed E-state index contributed by atoms with van der Waals surface area (Å²) in [4.78, 5) is 40.5. The van der Waals surface area contributed by atoms with Crippen LogP contribution in [0.2, 0.25) is 0 Å². The summed E-state index contributed by atoms with van der Waals surface area (Å²) in [5.41, 5.74) is 2.36. The molecule has 9 nitrogen and oxygen atoms in total. The van der Waals surface area contributed by atoms with Crippen LogP contribution in [0.5, 0.6) is 5.75 Å². The van der Waals surface area contributed by atoms with Crippen molar-refractivity contribution in [2.24, 2.45) is 17.6 Å². The Bertz CT molecular complexity index is 1600. The molecule has 0 spiro atoms. The fourth-order valence-corrected chi connectivity index (χ4v) is 6.06. The number of likely N-dealkylation sites (N-methyl/N-ethyl adjacent to an activating group) is 1. The first-order valence-electron chi connectivity index (χ1n) is 12.2. The monoisotopic (exact) mass is 532 g/mol. The zero-order valence-electron chi connectivity index (χ0n) is 21.0. The van der Waals surface area contributed by atoms with Crippen LogP contribution >= 0.6 is 0 Å². The van der Waals surface area contributed by atoms with Gasteiger partial charge in [-0.2, -0.15) is 0 Å². The van der Waals surface area contributed by atoms with Crippen LogP contribution < -0.4 is 5.73 Å². The Kier molecular flexibility index (Phi) is 6.09. The van der Waals surface area contributed by atoms with E-state index in [1.54, 1.807) is 6.07 Å². The number of carbonyl (C=O) groups is 3. The minimum Gasteiger partial charge on any atom is -0.508 e. The molecular weight excluding hydrogens is 507 g/mol. The zero-order valence-corrected chi connectivity index (χ0v) is 21.0. The Morgan fingerprint density at radius 3 is 2.38 bits per heavy atom. The van der Waals surface area contributed by atoms with Gasteiger partial charge in [0.15, 0.2) is 11.4 Å². The molecule has 0 aromatic heterocycles. The van der Waals surface area contributed by atoms with Crippen molar-refractivity contribution in [3.8, 4) is 17.6 Å². The van der Waals surface area contributed by atoms with Gasteiger partial charge < -0.3 is 26.2 Å². The number of hydrogen-bond acceptors (Lipinski definition) is 8. The number of nitrogens with two attached hydrogens (primary N) is 1. The van der Waals surface area contributed by atoms with Gasteiger partial charge in [0.1, 0.15) is 28.7 Å². The molecule has 2 aromatic rings. The predicted molar refractivity (Wildman–Crippen MR) is 137 cm³/mol. The van der Waals surface area contributed by atoms with E-state index in [9.17, 15) is 39.2 Å². The third kappa shape index (κ3) is 3.73. The molecule has 3 aliphatic carbocycles. The van der Waals surface area contributed by atoms with Crippen molar-refractivity contribution in [3.05, 3.63) is 81.4 Å². The third-order valence-corrected chi connectivity index (χ3v) is 7.81. The molecule has 0 heterocycles. The number of fused-ring (bicyclic) bond motifs is 3. The van der Waals surface area contributed by atoms with Gasteiger partial charge in [0.25, 0.3) is 5.91 Å². The molecule has 200 valence electrons. The highest BCUT2D eigenvalue weighted by Crippen LogP contribution is 2.52. The standard InChI is InChI=1S/C29H25FN2O7/c1-32(2)23-17-12-15-11-16-13(7-8-14-5-3-4-6-18(14)30)9-10-19(33)21(16)24(34)20(15)26(36)29(17,39)27(37)22(25(23)35)28(31)38/h3-6,9-10,15,17,23,33-34,37,39H,11-12H2,1-2H3,(H2,31,38)/t15-,17-,23-,29-/m0/s1. The van der Waals surface area contributed by atoms with Crippen LogP contribution in [0.3, 0.4) is 0 Å². The number of phenols is 1. The van der Waals surface area contributed by atoms with Crippen LogP contribution in [-0.2, 0) is 20.8 Å². The van der Waals surface area contributed by atoms with E-state index in [1.165, 1.54) is 49.3 Å². The Morgan fingerprint density at radius 1 is 1.08 bits per heavy atom. The molecule has 2 aromatic carbocycles. The quantitative estimate of drug-likeness (QED) is 0.287. The molecule has 0 unspecified atom stereocenters. The summed E-state index contributed by atoms with van der Waals surface area (Å²) >= 11 is 0. The number of halogens is 1. The van der Waals surface area contributed by atoms with E-state index in [2.05, 4.69) is 11.8 Å². The number of carbonyl (C=O) groups excluding carboxylic acids is 3. The van der Waals surface area contributed by atoms with Gasteiger partial charge in [0.2, 0.25) is 5.78 Å². The van der Waals surface area contributed by atoms with Crippen molar-refractivity contribution >= 4 is 23.2 Å². The summed E-state index contributed by atoms with van der Waals surface area (Å²) in [6.45, 7) is 0. The first-order chi connectivity index (χ1) is 18.4. The minimum absolute atomic E-state index is 0.0401. The molecule has 0 radical (unpaired) electrons. The average Bonchev–Trinajstić information content (AvgIpc) is 2.86. The molecule has 3 aliphatic rings. The van der Waals surface area contributed by atoms with Gasteiger partial charge in [0, 0.05) is 17.1 Å². The van der Waals surface area contributed by atoms with E-state index in [0.29, 0.717) is 11.1 Å². The maximum absolute atomic E-state index is 14.1. The molecule has 1 amide bonds. The number of primary amides is 1. The lowest BCUT2D eigenvalue weighted by Gasteiger charge is -2.50. The number of benzene rings is 2. The van der Waals surface area contributed by atoms with Crippen LogP contribution in [0, 0.1) is 29.5 Å². The second-order valence-electron chi connectivity index (χ2n) is 10.2. The van der Waals surface area contributed by atoms with Gasteiger partial charge in [-0.3, -0.25) is 19.3 Å². The lowest BCUT2D eigenvalue weighted by Crippen LogP contribution is -2.65. The largest absolute Gasteiger partial charge is 0.508 e. The van der Waals surface area contributed by atoms with Crippen molar-refractivity contribution in [1.29, 1.82) is 0 Å². The summed E-state index contributed by atoms with van der Waals surface area (Å²) in [7, 11) is 3.06. The van der Waals surface area contributed by atoms with Crippen LogP contribution in [0.15, 0.2) is 53.3 Å². The van der Waals surface area contributed by atoms with Gasteiger partial charge in [-0.1, -0.05) is 24.0 Å². The number of rotatable bonds is 2. The highest BCUT2D eigenvalue weighted by molar-refractivity contribution is 6.24. The summed E-state index contributed by atoms with van der Waals surface area (Å²) in [6, 6.07) is 7.56. The van der Waals surface area contributed by atoms with E-state index in [1.807, 2.05) is 0 Å². The molecule has 1 saturated carbocycles. The second kappa shape index (κ2) is 9.08. The first-order valence-corrected chi connectivity index (χ1v) is 12.2. The van der Waals surface area contributed by atoms with Gasteiger partial charge in [-0.25, -0.2) is 4.39 Å². The van der Waals surface area contributed by atoms with E-state index < -0.39 is 63.9 Å². The maximum atomic E-state index is 14.1. The SMILES string of the molecule is CN(C)[C@@H]1C(=O)C(C(N)=O)=C(O)[C@@]2(O)C(=O)C3=C(O)c4c(O)ccc(C#Cc5ccccc5F)c4C[C@H]3C[C@@H]12. The van der Waals surface area contributed by atoms with Gasteiger partial charge in [-0.05, 0) is 62.7 Å². The van der Waals surface area contributed by atoms with Gasteiger partial charge >= 0.3 is 0 Å². The number of aliphatic hydroxyl groups excluding tert-OH is 2.